The number of rotatable bonds is 2. The van der Waals surface area contributed by atoms with Crippen LogP contribution in [0.15, 0.2) is 11.4 Å². The number of nitrogens with two attached hydrogens (primary N) is 1. The molecule has 0 spiro atoms. The number of hydrogen-bond donors (Lipinski definition) is 3. The van der Waals surface area contributed by atoms with Crippen molar-refractivity contribution >= 4 is 12.2 Å². The van der Waals surface area contributed by atoms with Gasteiger partial charge in [0.2, 0.25) is 6.41 Å². The summed E-state index contributed by atoms with van der Waals surface area (Å²) in [6.45, 7) is 3.43. The average molecular weight is 184 g/mol. The lowest BCUT2D eigenvalue weighted by molar-refractivity contribution is -0.109. The van der Waals surface area contributed by atoms with E-state index in [9.17, 15) is 4.79 Å². The van der Waals surface area contributed by atoms with Gasteiger partial charge in [-0.1, -0.05) is 0 Å². The summed E-state index contributed by atoms with van der Waals surface area (Å²) in [5, 5.41) is 9.54. The van der Waals surface area contributed by atoms with Crippen molar-refractivity contribution in [2.24, 2.45) is 10.8 Å². The number of amidine groups is 1. The first kappa shape index (κ1) is 11.1. The first-order chi connectivity index (χ1) is 6.16. The van der Waals surface area contributed by atoms with E-state index in [2.05, 4.69) is 20.3 Å². The van der Waals surface area contributed by atoms with Crippen LogP contribution in [0.3, 0.4) is 0 Å². The van der Waals surface area contributed by atoms with Crippen LogP contribution in [-0.4, -0.2) is 27.4 Å². The lowest BCUT2D eigenvalue weighted by Gasteiger charge is -1.84. The second-order valence-electron chi connectivity index (χ2n) is 2.07. The molecule has 0 unspecified atom stereocenters. The Hall–Kier alpha value is -1.92. The molecule has 0 saturated carbocycles. The van der Waals surface area contributed by atoms with Gasteiger partial charge in [0.15, 0.2) is 0 Å². The average Bonchev–Trinajstić information content (AvgIpc) is 2.53. The Balaban J connectivity index is 0.000000223. The summed E-state index contributed by atoms with van der Waals surface area (Å²) in [5.74, 6) is 1.20. The summed E-state index contributed by atoms with van der Waals surface area (Å²) < 4.78 is 0. The minimum atomic E-state index is 0.340. The van der Waals surface area contributed by atoms with Crippen molar-refractivity contribution < 1.29 is 4.79 Å². The highest BCUT2D eigenvalue weighted by atomic mass is 16.1. The Morgan fingerprint density at radius 1 is 1.85 bits per heavy atom. The van der Waals surface area contributed by atoms with E-state index < -0.39 is 0 Å². The Bertz CT molecular complexity index is 250. The second-order valence-corrected chi connectivity index (χ2v) is 2.07. The van der Waals surface area contributed by atoms with E-state index in [-0.39, 0.29) is 0 Å². The fourth-order valence-corrected chi connectivity index (χ4v) is 0.395. The third-order valence-electron chi connectivity index (χ3n) is 0.829. The molecule has 7 heteroatoms. The standard InChI is InChI=1S/C3H7N3O.C3H5N3/c1-3(4)6-5-2-7;1-3-4-2-5-6-3/h2H,1H3,(H2,4,6)(H,5,7);2H,1H3,(H,4,5,6). The van der Waals surface area contributed by atoms with Crippen LogP contribution in [0.25, 0.3) is 0 Å². The van der Waals surface area contributed by atoms with E-state index in [1.54, 1.807) is 6.92 Å². The third-order valence-corrected chi connectivity index (χ3v) is 0.829. The number of aromatic nitrogens is 3. The van der Waals surface area contributed by atoms with Gasteiger partial charge in [-0.25, -0.2) is 10.4 Å². The maximum Gasteiger partial charge on any atom is 0.227 e. The molecule has 0 aliphatic heterocycles. The quantitative estimate of drug-likeness (QED) is 0.240. The number of nitrogens with zero attached hydrogens (tertiary/aromatic N) is 3. The molecule has 1 heterocycles. The predicted octanol–water partition coefficient (Wildman–Crippen LogP) is -0.862. The van der Waals surface area contributed by atoms with E-state index >= 15 is 0 Å². The zero-order valence-corrected chi connectivity index (χ0v) is 7.48. The molecule has 0 saturated heterocycles. The van der Waals surface area contributed by atoms with E-state index in [1.807, 2.05) is 12.3 Å². The van der Waals surface area contributed by atoms with Crippen molar-refractivity contribution in [3.05, 3.63) is 12.2 Å². The molecule has 1 amide bonds. The second kappa shape index (κ2) is 6.77. The molecular weight excluding hydrogens is 172 g/mol. The van der Waals surface area contributed by atoms with Crippen LogP contribution >= 0.6 is 0 Å². The normalized spacial score (nSPS) is 9.85. The molecule has 1 aromatic rings. The molecular formula is C6H12N6O. The molecule has 0 aromatic carbocycles. The monoisotopic (exact) mass is 184 g/mol. The highest BCUT2D eigenvalue weighted by Gasteiger charge is 1.75. The van der Waals surface area contributed by atoms with Crippen molar-refractivity contribution in [1.29, 1.82) is 0 Å². The van der Waals surface area contributed by atoms with Crippen LogP contribution in [0.5, 0.6) is 0 Å². The van der Waals surface area contributed by atoms with E-state index in [4.69, 9.17) is 5.73 Å². The summed E-state index contributed by atoms with van der Waals surface area (Å²) in [7, 11) is 0. The van der Waals surface area contributed by atoms with Crippen LogP contribution < -0.4 is 11.2 Å². The van der Waals surface area contributed by atoms with Gasteiger partial charge < -0.3 is 5.73 Å². The molecule has 4 N–H and O–H groups in total. The number of aromatic amines is 1. The molecule has 1 rings (SSSR count). The highest BCUT2D eigenvalue weighted by molar-refractivity contribution is 5.77. The van der Waals surface area contributed by atoms with Crippen molar-refractivity contribution in [3.8, 4) is 0 Å². The Labute approximate surface area is 75.4 Å². The van der Waals surface area contributed by atoms with Gasteiger partial charge in [0.05, 0.1) is 0 Å². The lowest BCUT2D eigenvalue weighted by Crippen LogP contribution is -2.12. The van der Waals surface area contributed by atoms with Gasteiger partial charge >= 0.3 is 0 Å². The van der Waals surface area contributed by atoms with E-state index in [0.29, 0.717) is 12.2 Å². The number of carbonyl (C=O) groups is 1. The predicted molar refractivity (Wildman–Crippen MR) is 47.6 cm³/mol. The summed E-state index contributed by atoms with van der Waals surface area (Å²) in [6, 6.07) is 0. The van der Waals surface area contributed by atoms with Gasteiger partial charge in [0.1, 0.15) is 18.0 Å². The van der Waals surface area contributed by atoms with Gasteiger partial charge in [-0.2, -0.15) is 10.2 Å². The van der Waals surface area contributed by atoms with Crippen LogP contribution in [0.4, 0.5) is 0 Å². The Morgan fingerprint density at radius 3 is 2.69 bits per heavy atom. The third kappa shape index (κ3) is 7.98. The number of hydrazone groups is 1. The molecule has 72 valence electrons. The molecule has 0 aliphatic carbocycles. The van der Waals surface area contributed by atoms with Crippen LogP contribution in [0, 0.1) is 6.92 Å². The van der Waals surface area contributed by atoms with Crippen molar-refractivity contribution in [3.63, 3.8) is 0 Å². The first-order valence-corrected chi connectivity index (χ1v) is 3.47. The number of nitrogens with one attached hydrogen (secondary N) is 2. The van der Waals surface area contributed by atoms with Crippen molar-refractivity contribution in [2.45, 2.75) is 13.8 Å². The van der Waals surface area contributed by atoms with E-state index in [0.717, 1.165) is 5.82 Å². The topological polar surface area (TPSA) is 109 Å². The van der Waals surface area contributed by atoms with E-state index in [1.165, 1.54) is 6.33 Å². The highest BCUT2D eigenvalue weighted by Crippen LogP contribution is 1.73. The van der Waals surface area contributed by atoms with Crippen LogP contribution in [-0.2, 0) is 4.79 Å². The Kier molecular flexibility index (Phi) is 5.77. The molecule has 7 nitrogen and oxygen atoms in total. The van der Waals surface area contributed by atoms with Crippen LogP contribution in [0.2, 0.25) is 0 Å². The summed E-state index contributed by atoms with van der Waals surface area (Å²) in [4.78, 5) is 13.2. The summed E-state index contributed by atoms with van der Waals surface area (Å²) >= 11 is 0. The van der Waals surface area contributed by atoms with Gasteiger partial charge in [0, 0.05) is 0 Å². The van der Waals surface area contributed by atoms with Crippen LogP contribution in [0.1, 0.15) is 12.7 Å². The number of aryl methyl sites for hydroxylation is 1. The number of amides is 1. The lowest BCUT2D eigenvalue weighted by atomic mass is 10.7. The first-order valence-electron chi connectivity index (χ1n) is 3.47. The maximum absolute atomic E-state index is 9.44. The number of hydrogen-bond acceptors (Lipinski definition) is 4. The van der Waals surface area contributed by atoms with Gasteiger partial charge in [-0.05, 0) is 13.8 Å². The number of H-pyrrole nitrogens is 1. The summed E-state index contributed by atoms with van der Waals surface area (Å²) in [6.07, 6.45) is 1.94. The largest absolute Gasteiger partial charge is 0.386 e. The molecule has 0 radical (unpaired) electrons. The fraction of sp³-hybridized carbons (Fsp3) is 0.333. The van der Waals surface area contributed by atoms with Crippen molar-refractivity contribution in [2.75, 3.05) is 0 Å². The molecule has 0 aliphatic rings. The molecule has 0 fully saturated rings. The van der Waals surface area contributed by atoms with Gasteiger partial charge in [-0.3, -0.25) is 9.89 Å². The van der Waals surface area contributed by atoms with Gasteiger partial charge in [0.25, 0.3) is 0 Å². The van der Waals surface area contributed by atoms with Gasteiger partial charge in [-0.15, -0.1) is 0 Å². The van der Waals surface area contributed by atoms with Crippen molar-refractivity contribution in [1.82, 2.24) is 20.6 Å². The Morgan fingerprint density at radius 2 is 2.54 bits per heavy atom. The minimum Gasteiger partial charge on any atom is -0.386 e. The zero-order chi connectivity index (χ0) is 10.1. The number of carbonyl (C=O) groups excluding carboxylic acids is 1. The molecule has 13 heavy (non-hydrogen) atoms. The SMILES string of the molecule is CC(N)=NNC=O.Cc1ncn[nH]1. The molecule has 0 bridgehead atoms. The summed E-state index contributed by atoms with van der Waals surface area (Å²) in [5.41, 5.74) is 7.04. The molecule has 0 atom stereocenters. The smallest absolute Gasteiger partial charge is 0.227 e. The zero-order valence-electron chi connectivity index (χ0n) is 7.48. The fourth-order valence-electron chi connectivity index (χ4n) is 0.395. The maximum atomic E-state index is 9.44. The minimum absolute atomic E-state index is 0.340. The molecule has 1 aromatic heterocycles.